The largest absolute Gasteiger partial charge is 0.411 e. The summed E-state index contributed by atoms with van der Waals surface area (Å²) in [4.78, 5) is 4.21. The third-order valence-corrected chi connectivity index (χ3v) is 2.65. The third kappa shape index (κ3) is 3.31. The van der Waals surface area contributed by atoms with Crippen LogP contribution in [0.3, 0.4) is 0 Å². The second-order valence-corrected chi connectivity index (χ2v) is 3.71. The van der Waals surface area contributed by atoms with Crippen molar-refractivity contribution >= 4 is 11.4 Å². The Morgan fingerprint density at radius 2 is 2.12 bits per heavy atom. The van der Waals surface area contributed by atoms with Crippen molar-refractivity contribution in [3.63, 3.8) is 0 Å². The number of nitrogens with zero attached hydrogens (tertiary/aromatic N) is 2. The molecule has 0 unspecified atom stereocenters. The number of hydrogen-bond acceptors (Lipinski definition) is 4. The highest BCUT2D eigenvalue weighted by molar-refractivity contribution is 6.47. The van der Waals surface area contributed by atoms with E-state index in [1.165, 1.54) is 0 Å². The highest BCUT2D eigenvalue weighted by atomic mass is 16.4. The first-order valence-electron chi connectivity index (χ1n) is 5.58. The van der Waals surface area contributed by atoms with Crippen LogP contribution in [0.25, 0.3) is 0 Å². The molecule has 1 saturated heterocycles. The minimum atomic E-state index is 0.272. The van der Waals surface area contributed by atoms with E-state index in [2.05, 4.69) is 22.0 Å². The molecule has 1 aliphatic heterocycles. The molecule has 4 heteroatoms. The van der Waals surface area contributed by atoms with E-state index in [9.17, 15) is 0 Å². The van der Waals surface area contributed by atoms with E-state index in [0.29, 0.717) is 11.4 Å². The van der Waals surface area contributed by atoms with Crippen molar-refractivity contribution in [1.82, 2.24) is 5.32 Å². The average molecular weight is 221 g/mol. The van der Waals surface area contributed by atoms with Crippen molar-refractivity contribution in [2.24, 2.45) is 16.1 Å². The lowest BCUT2D eigenvalue weighted by Gasteiger charge is -2.23. The Bertz CT molecular complexity index is 312. The van der Waals surface area contributed by atoms with Crippen LogP contribution in [0.15, 0.2) is 35.1 Å². The Kier molecular flexibility index (Phi) is 5.50. The van der Waals surface area contributed by atoms with E-state index in [1.54, 1.807) is 12.3 Å². The molecule has 1 heterocycles. The summed E-state index contributed by atoms with van der Waals surface area (Å²) < 4.78 is 0. The van der Waals surface area contributed by atoms with Gasteiger partial charge in [-0.2, -0.15) is 0 Å². The Hall–Kier alpha value is -1.42. The van der Waals surface area contributed by atoms with Gasteiger partial charge in [0.15, 0.2) is 0 Å². The fourth-order valence-electron chi connectivity index (χ4n) is 1.82. The molecule has 88 valence electrons. The summed E-state index contributed by atoms with van der Waals surface area (Å²) in [6.45, 7) is 7.51. The fourth-order valence-corrected chi connectivity index (χ4v) is 1.82. The molecule has 0 aromatic rings. The molecule has 1 rings (SSSR count). The van der Waals surface area contributed by atoms with Gasteiger partial charge in [0.2, 0.25) is 0 Å². The molecular weight excluding hydrogens is 202 g/mol. The Labute approximate surface area is 96.5 Å². The number of allylic oxidation sites excluding steroid dienone is 2. The lowest BCUT2D eigenvalue weighted by Crippen LogP contribution is -2.34. The van der Waals surface area contributed by atoms with E-state index in [-0.39, 0.29) is 5.92 Å². The number of aliphatic imine (C=N–C) groups is 1. The van der Waals surface area contributed by atoms with Crippen LogP contribution in [-0.2, 0) is 0 Å². The Morgan fingerprint density at radius 1 is 1.44 bits per heavy atom. The number of hydrogen-bond donors (Lipinski definition) is 2. The first kappa shape index (κ1) is 12.6. The van der Waals surface area contributed by atoms with Crippen molar-refractivity contribution in [2.45, 2.75) is 19.8 Å². The Morgan fingerprint density at radius 3 is 2.62 bits per heavy atom. The van der Waals surface area contributed by atoms with Gasteiger partial charge in [-0.25, -0.2) is 0 Å². The summed E-state index contributed by atoms with van der Waals surface area (Å²) in [7, 11) is 0. The monoisotopic (exact) mass is 221 g/mol. The predicted molar refractivity (Wildman–Crippen MR) is 67.3 cm³/mol. The first-order valence-corrected chi connectivity index (χ1v) is 5.58. The average Bonchev–Trinajstić information content (AvgIpc) is 2.35. The zero-order valence-corrected chi connectivity index (χ0v) is 9.69. The van der Waals surface area contributed by atoms with Gasteiger partial charge in [-0.3, -0.25) is 4.99 Å². The van der Waals surface area contributed by atoms with Crippen LogP contribution in [0.4, 0.5) is 0 Å². The molecule has 0 spiro atoms. The van der Waals surface area contributed by atoms with Crippen LogP contribution in [-0.4, -0.2) is 29.7 Å². The molecule has 16 heavy (non-hydrogen) atoms. The topological polar surface area (TPSA) is 57.0 Å². The molecule has 0 saturated carbocycles. The summed E-state index contributed by atoms with van der Waals surface area (Å²) in [5.41, 5.74) is 1.31. The maximum absolute atomic E-state index is 9.09. The van der Waals surface area contributed by atoms with Gasteiger partial charge in [-0.15, -0.1) is 0 Å². The number of rotatable bonds is 4. The van der Waals surface area contributed by atoms with E-state index in [0.717, 1.165) is 25.9 Å². The molecule has 0 aromatic carbocycles. The van der Waals surface area contributed by atoms with Gasteiger partial charge in [-0.1, -0.05) is 17.8 Å². The van der Waals surface area contributed by atoms with E-state index in [1.807, 2.05) is 13.0 Å². The molecule has 0 aliphatic carbocycles. The summed E-state index contributed by atoms with van der Waals surface area (Å²) >= 11 is 0. The number of piperidine rings is 1. The van der Waals surface area contributed by atoms with E-state index >= 15 is 0 Å². The van der Waals surface area contributed by atoms with Gasteiger partial charge in [0.1, 0.15) is 5.71 Å². The quantitative estimate of drug-likeness (QED) is 0.433. The summed E-state index contributed by atoms with van der Waals surface area (Å²) in [5.74, 6) is 0.272. The highest BCUT2D eigenvalue weighted by Gasteiger charge is 2.22. The molecule has 0 amide bonds. The lowest BCUT2D eigenvalue weighted by atomic mass is 9.90. The van der Waals surface area contributed by atoms with E-state index < -0.39 is 0 Å². The van der Waals surface area contributed by atoms with Gasteiger partial charge in [0.05, 0.1) is 5.71 Å². The van der Waals surface area contributed by atoms with Crippen LogP contribution in [0.5, 0.6) is 0 Å². The van der Waals surface area contributed by atoms with Gasteiger partial charge >= 0.3 is 0 Å². The molecule has 0 atom stereocenters. The normalized spacial score (nSPS) is 20.3. The minimum absolute atomic E-state index is 0.272. The lowest BCUT2D eigenvalue weighted by molar-refractivity contribution is 0.313. The number of nitrogens with one attached hydrogen (secondary N) is 1. The van der Waals surface area contributed by atoms with Gasteiger partial charge < -0.3 is 10.5 Å². The maximum atomic E-state index is 9.09. The van der Waals surface area contributed by atoms with Crippen LogP contribution in [0, 0.1) is 5.92 Å². The summed E-state index contributed by atoms with van der Waals surface area (Å²) in [6, 6.07) is 0. The molecule has 0 radical (unpaired) electrons. The third-order valence-electron chi connectivity index (χ3n) is 2.65. The molecule has 4 nitrogen and oxygen atoms in total. The zero-order valence-electron chi connectivity index (χ0n) is 9.69. The van der Waals surface area contributed by atoms with Gasteiger partial charge in [0, 0.05) is 12.1 Å². The summed E-state index contributed by atoms with van der Waals surface area (Å²) in [6.07, 6.45) is 7.10. The van der Waals surface area contributed by atoms with Crippen molar-refractivity contribution < 1.29 is 5.21 Å². The molecule has 2 N–H and O–H groups in total. The van der Waals surface area contributed by atoms with Crippen molar-refractivity contribution in [3.05, 3.63) is 24.9 Å². The minimum Gasteiger partial charge on any atom is -0.411 e. The molecule has 1 fully saturated rings. The van der Waals surface area contributed by atoms with Crippen LogP contribution < -0.4 is 5.32 Å². The van der Waals surface area contributed by atoms with Crippen molar-refractivity contribution in [3.8, 4) is 0 Å². The highest BCUT2D eigenvalue weighted by Crippen LogP contribution is 2.15. The van der Waals surface area contributed by atoms with E-state index in [4.69, 9.17) is 5.21 Å². The predicted octanol–water partition coefficient (Wildman–Crippen LogP) is 1.98. The van der Waals surface area contributed by atoms with Crippen molar-refractivity contribution in [1.29, 1.82) is 0 Å². The second-order valence-electron chi connectivity index (χ2n) is 3.71. The SMILES string of the molecule is C=CC(=N/C=C\C)/C(=N/O)C1CCNCC1. The van der Waals surface area contributed by atoms with Gasteiger partial charge in [-0.05, 0) is 38.9 Å². The van der Waals surface area contributed by atoms with Crippen LogP contribution >= 0.6 is 0 Å². The van der Waals surface area contributed by atoms with Crippen LogP contribution in [0.1, 0.15) is 19.8 Å². The second kappa shape index (κ2) is 6.95. The first-order chi connectivity index (χ1) is 7.83. The Balaban J connectivity index is 2.82. The standard InChI is InChI=1S/C12H19N3O/c1-3-7-14-11(4-2)12(15-16)10-5-8-13-9-6-10/h3-4,7,10,13,16H,2,5-6,8-9H2,1H3/b7-3-,14-11-,15-12+. The zero-order chi connectivity index (χ0) is 11.8. The van der Waals surface area contributed by atoms with Crippen molar-refractivity contribution in [2.75, 3.05) is 13.1 Å². The maximum Gasteiger partial charge on any atom is 0.108 e. The molecule has 1 aliphatic rings. The molecular formula is C12H19N3O. The smallest absolute Gasteiger partial charge is 0.108 e. The fraction of sp³-hybridized carbons (Fsp3) is 0.500. The molecule has 0 bridgehead atoms. The van der Waals surface area contributed by atoms with Gasteiger partial charge in [0.25, 0.3) is 0 Å². The number of oxime groups is 1. The summed E-state index contributed by atoms with van der Waals surface area (Å²) in [5, 5.41) is 15.8. The molecule has 0 aromatic heterocycles. The van der Waals surface area contributed by atoms with Crippen LogP contribution in [0.2, 0.25) is 0 Å².